The van der Waals surface area contributed by atoms with Gasteiger partial charge in [0.05, 0.1) is 0 Å². The molecule has 1 N–H and O–H groups in total. The van der Waals surface area contributed by atoms with Gasteiger partial charge in [0.25, 0.3) is 0 Å². The highest BCUT2D eigenvalue weighted by atomic mass is 15.3. The third-order valence-electron chi connectivity index (χ3n) is 3.89. The third kappa shape index (κ3) is 2.68. The molecule has 0 bridgehead atoms. The Morgan fingerprint density at radius 1 is 1.12 bits per heavy atom. The highest BCUT2D eigenvalue weighted by Gasteiger charge is 2.28. The smallest absolute Gasteiger partial charge is 0.0349 e. The van der Waals surface area contributed by atoms with Gasteiger partial charge in [-0.1, -0.05) is 30.3 Å². The first kappa shape index (κ1) is 11.2. The molecule has 92 valence electrons. The maximum Gasteiger partial charge on any atom is 0.0349 e. The molecule has 1 unspecified atom stereocenters. The quantitative estimate of drug-likeness (QED) is 0.811. The van der Waals surface area contributed by atoms with E-state index in [9.17, 15) is 0 Å². The molecular weight excluding hydrogens is 210 g/mol. The molecule has 0 spiro atoms. The van der Waals surface area contributed by atoms with Crippen LogP contribution in [0.15, 0.2) is 30.3 Å². The number of rotatable bonds is 2. The Morgan fingerprint density at radius 3 is 2.88 bits per heavy atom. The Balaban J connectivity index is 1.59. The van der Waals surface area contributed by atoms with E-state index in [2.05, 4.69) is 45.4 Å². The summed E-state index contributed by atoms with van der Waals surface area (Å²) in [6, 6.07) is 11.5. The van der Waals surface area contributed by atoms with Crippen molar-refractivity contribution in [3.05, 3.63) is 35.9 Å². The second-order valence-corrected chi connectivity index (χ2v) is 5.11. The van der Waals surface area contributed by atoms with Crippen molar-refractivity contribution >= 4 is 0 Å². The summed E-state index contributed by atoms with van der Waals surface area (Å²) in [6.07, 6.45) is 0. The fourth-order valence-corrected chi connectivity index (χ4v) is 2.92. The van der Waals surface area contributed by atoms with E-state index in [0.717, 1.165) is 25.7 Å². The highest BCUT2D eigenvalue weighted by Crippen LogP contribution is 2.14. The Labute approximate surface area is 103 Å². The molecule has 3 rings (SSSR count). The van der Waals surface area contributed by atoms with Crippen molar-refractivity contribution in [1.82, 2.24) is 15.1 Å². The summed E-state index contributed by atoms with van der Waals surface area (Å²) in [5.41, 5.74) is 1.43. The number of hydrogen-bond acceptors (Lipinski definition) is 3. The molecule has 2 aliphatic heterocycles. The number of nitrogens with zero attached hydrogens (tertiary/aromatic N) is 2. The van der Waals surface area contributed by atoms with Crippen LogP contribution in [0.1, 0.15) is 5.56 Å². The van der Waals surface area contributed by atoms with Gasteiger partial charge >= 0.3 is 0 Å². The number of benzene rings is 1. The lowest BCUT2D eigenvalue weighted by molar-refractivity contribution is 0.0541. The predicted octanol–water partition coefficient (Wildman–Crippen LogP) is 0.776. The van der Waals surface area contributed by atoms with Gasteiger partial charge in [0.2, 0.25) is 0 Å². The van der Waals surface area contributed by atoms with E-state index in [4.69, 9.17) is 0 Å². The monoisotopic (exact) mass is 231 g/mol. The molecule has 17 heavy (non-hydrogen) atoms. The minimum atomic E-state index is 0.723. The first-order valence-corrected chi connectivity index (χ1v) is 6.63. The van der Waals surface area contributed by atoms with Gasteiger partial charge in [-0.25, -0.2) is 0 Å². The van der Waals surface area contributed by atoms with E-state index in [1.54, 1.807) is 0 Å². The summed E-state index contributed by atoms with van der Waals surface area (Å²) in [7, 11) is 0. The average molecular weight is 231 g/mol. The second kappa shape index (κ2) is 5.17. The number of nitrogens with one attached hydrogen (secondary N) is 1. The highest BCUT2D eigenvalue weighted by molar-refractivity contribution is 5.14. The first-order chi connectivity index (χ1) is 8.42. The van der Waals surface area contributed by atoms with Gasteiger partial charge in [-0.2, -0.15) is 0 Å². The number of piperazine rings is 2. The number of hydrogen-bond donors (Lipinski definition) is 1. The fraction of sp³-hybridized carbons (Fsp3) is 0.571. The lowest BCUT2D eigenvalue weighted by Gasteiger charge is -2.44. The van der Waals surface area contributed by atoms with Gasteiger partial charge in [0.15, 0.2) is 0 Å². The van der Waals surface area contributed by atoms with Gasteiger partial charge in [0.1, 0.15) is 0 Å². The number of fused-ring (bicyclic) bond motifs is 1. The summed E-state index contributed by atoms with van der Waals surface area (Å²) in [4.78, 5) is 5.22. The lowest BCUT2D eigenvalue weighted by atomic mass is 10.1. The Morgan fingerprint density at radius 2 is 2.00 bits per heavy atom. The van der Waals surface area contributed by atoms with E-state index in [1.165, 1.54) is 31.7 Å². The molecular formula is C14H21N3. The zero-order valence-electron chi connectivity index (χ0n) is 10.3. The zero-order valence-corrected chi connectivity index (χ0v) is 10.3. The Hall–Kier alpha value is -0.900. The van der Waals surface area contributed by atoms with Crippen molar-refractivity contribution in [1.29, 1.82) is 0 Å². The van der Waals surface area contributed by atoms with Crippen LogP contribution >= 0.6 is 0 Å². The van der Waals surface area contributed by atoms with Crippen LogP contribution in [0.5, 0.6) is 0 Å². The van der Waals surface area contributed by atoms with Crippen molar-refractivity contribution in [3.8, 4) is 0 Å². The normalized spacial score (nSPS) is 26.7. The largest absolute Gasteiger partial charge is 0.314 e. The van der Waals surface area contributed by atoms with Gasteiger partial charge in [-0.15, -0.1) is 0 Å². The summed E-state index contributed by atoms with van der Waals surface area (Å²) in [6.45, 7) is 8.31. The average Bonchev–Trinajstić information content (AvgIpc) is 2.40. The van der Waals surface area contributed by atoms with E-state index in [0.29, 0.717) is 0 Å². The van der Waals surface area contributed by atoms with Crippen molar-refractivity contribution < 1.29 is 0 Å². The zero-order chi connectivity index (χ0) is 11.5. The van der Waals surface area contributed by atoms with Gasteiger partial charge in [0, 0.05) is 51.9 Å². The molecule has 0 saturated carbocycles. The molecule has 0 amide bonds. The minimum Gasteiger partial charge on any atom is -0.314 e. The van der Waals surface area contributed by atoms with Gasteiger partial charge in [-0.05, 0) is 5.56 Å². The van der Waals surface area contributed by atoms with E-state index in [-0.39, 0.29) is 0 Å². The van der Waals surface area contributed by atoms with Crippen LogP contribution in [0.4, 0.5) is 0 Å². The molecule has 0 aromatic heterocycles. The Kier molecular flexibility index (Phi) is 3.41. The summed E-state index contributed by atoms with van der Waals surface area (Å²) < 4.78 is 0. The molecule has 3 nitrogen and oxygen atoms in total. The molecule has 2 fully saturated rings. The molecule has 0 radical (unpaired) electrons. The molecule has 1 atom stereocenters. The maximum absolute atomic E-state index is 3.50. The topological polar surface area (TPSA) is 18.5 Å². The van der Waals surface area contributed by atoms with Crippen LogP contribution in [-0.2, 0) is 6.54 Å². The first-order valence-electron chi connectivity index (χ1n) is 6.63. The molecule has 2 aliphatic rings. The summed E-state index contributed by atoms with van der Waals surface area (Å²) in [5, 5.41) is 3.50. The summed E-state index contributed by atoms with van der Waals surface area (Å²) >= 11 is 0. The lowest BCUT2D eigenvalue weighted by Crippen LogP contribution is -2.60. The van der Waals surface area contributed by atoms with E-state index >= 15 is 0 Å². The van der Waals surface area contributed by atoms with Crippen molar-refractivity contribution in [2.75, 3.05) is 39.3 Å². The van der Waals surface area contributed by atoms with Crippen molar-refractivity contribution in [3.63, 3.8) is 0 Å². The fourth-order valence-electron chi connectivity index (χ4n) is 2.92. The molecule has 3 heteroatoms. The van der Waals surface area contributed by atoms with Crippen LogP contribution in [0.25, 0.3) is 0 Å². The SMILES string of the molecule is c1ccc(CN2CCN3CCNCC3C2)cc1. The van der Waals surface area contributed by atoms with Crippen LogP contribution in [0.2, 0.25) is 0 Å². The maximum atomic E-state index is 3.50. The Bertz CT molecular complexity index is 352. The second-order valence-electron chi connectivity index (χ2n) is 5.11. The van der Waals surface area contributed by atoms with E-state index < -0.39 is 0 Å². The van der Waals surface area contributed by atoms with Crippen LogP contribution in [0.3, 0.4) is 0 Å². The molecule has 1 aromatic rings. The van der Waals surface area contributed by atoms with Crippen LogP contribution < -0.4 is 5.32 Å². The van der Waals surface area contributed by atoms with Crippen molar-refractivity contribution in [2.45, 2.75) is 12.6 Å². The predicted molar refractivity (Wildman–Crippen MR) is 69.9 cm³/mol. The summed E-state index contributed by atoms with van der Waals surface area (Å²) in [5.74, 6) is 0. The van der Waals surface area contributed by atoms with Gasteiger partial charge < -0.3 is 5.32 Å². The third-order valence-corrected chi connectivity index (χ3v) is 3.89. The van der Waals surface area contributed by atoms with Crippen LogP contribution in [0, 0.1) is 0 Å². The molecule has 2 heterocycles. The van der Waals surface area contributed by atoms with Crippen LogP contribution in [-0.4, -0.2) is 55.1 Å². The standard InChI is InChI=1S/C14H21N3/c1-2-4-13(5-3-1)11-16-8-9-17-7-6-15-10-14(17)12-16/h1-5,14-15H,6-12H2. The van der Waals surface area contributed by atoms with E-state index in [1.807, 2.05) is 0 Å². The van der Waals surface area contributed by atoms with Crippen molar-refractivity contribution in [2.24, 2.45) is 0 Å². The molecule has 1 aromatic carbocycles. The minimum absolute atomic E-state index is 0.723. The molecule has 0 aliphatic carbocycles. The van der Waals surface area contributed by atoms with Gasteiger partial charge in [-0.3, -0.25) is 9.80 Å². The molecule has 2 saturated heterocycles.